The van der Waals surface area contributed by atoms with E-state index in [9.17, 15) is 14.7 Å². The number of fused-ring (bicyclic) bond motifs is 5. The summed E-state index contributed by atoms with van der Waals surface area (Å²) >= 11 is 6.50. The lowest BCUT2D eigenvalue weighted by Gasteiger charge is -2.38. The number of carbonyl (C=O) groups excluding carboxylic acids is 2. The lowest BCUT2D eigenvalue weighted by atomic mass is 9.66. The maximum Gasteiger partial charge on any atom is 0.315 e. The normalized spacial score (nSPS) is 37.8. The Morgan fingerprint density at radius 1 is 1.38 bits per heavy atom. The van der Waals surface area contributed by atoms with E-state index in [4.69, 9.17) is 25.8 Å². The molecule has 3 heterocycles. The van der Waals surface area contributed by atoms with Crippen LogP contribution in [0.5, 0.6) is 0 Å². The highest BCUT2D eigenvalue weighted by molar-refractivity contribution is 6.45. The molecule has 6 nitrogen and oxygen atoms in total. The molecule has 1 N–H and O–H groups in total. The third-order valence-corrected chi connectivity index (χ3v) is 7.40. The van der Waals surface area contributed by atoms with E-state index in [-0.39, 0.29) is 11.6 Å². The molecule has 1 aliphatic carbocycles. The van der Waals surface area contributed by atoms with E-state index in [0.29, 0.717) is 22.8 Å². The maximum atomic E-state index is 13.3. The summed E-state index contributed by atoms with van der Waals surface area (Å²) < 4.78 is 17.1. The fraction of sp³-hybridized carbons (Fsp3) is 0.520. The second-order valence-corrected chi connectivity index (χ2v) is 9.75. The van der Waals surface area contributed by atoms with E-state index in [1.165, 1.54) is 6.26 Å². The number of halogens is 1. The monoisotopic (exact) mass is 460 g/mol. The second-order valence-electron chi connectivity index (χ2n) is 9.37. The Balaban J connectivity index is 1.72. The van der Waals surface area contributed by atoms with Crippen molar-refractivity contribution in [1.29, 1.82) is 0 Å². The minimum atomic E-state index is -1.82. The summed E-state index contributed by atoms with van der Waals surface area (Å²) in [7, 11) is 0. The van der Waals surface area contributed by atoms with E-state index < -0.39 is 40.9 Å². The van der Waals surface area contributed by atoms with Crippen LogP contribution < -0.4 is 0 Å². The first-order valence-electron chi connectivity index (χ1n) is 11.0. The van der Waals surface area contributed by atoms with Crippen molar-refractivity contribution < 1.29 is 28.9 Å². The number of ketones is 1. The highest BCUT2D eigenvalue weighted by atomic mass is 35.5. The number of ether oxygens (including phenoxy) is 3. The fourth-order valence-electron chi connectivity index (χ4n) is 4.96. The van der Waals surface area contributed by atoms with Crippen LogP contribution in [0.3, 0.4) is 0 Å². The first kappa shape index (κ1) is 23.0. The number of hydrogen-bond acceptors (Lipinski definition) is 6. The van der Waals surface area contributed by atoms with Gasteiger partial charge in [-0.2, -0.15) is 0 Å². The van der Waals surface area contributed by atoms with Gasteiger partial charge in [0.1, 0.15) is 17.3 Å². The molecule has 1 unspecified atom stereocenters. The summed E-state index contributed by atoms with van der Waals surface area (Å²) in [5.41, 5.74) is 0.628. The van der Waals surface area contributed by atoms with Crippen LogP contribution in [0.2, 0.25) is 0 Å². The number of aliphatic hydroxyl groups is 1. The lowest BCUT2D eigenvalue weighted by Crippen LogP contribution is -2.53. The van der Waals surface area contributed by atoms with E-state index >= 15 is 0 Å². The number of cyclic esters (lactones) is 1. The number of allylic oxidation sites excluding steroid dienone is 6. The Morgan fingerprint density at radius 3 is 2.78 bits per heavy atom. The molecule has 0 aromatic carbocycles. The van der Waals surface area contributed by atoms with Crippen LogP contribution in [-0.4, -0.2) is 34.9 Å². The molecular formula is C25H29ClO6. The quantitative estimate of drug-likeness (QED) is 0.497. The van der Waals surface area contributed by atoms with Gasteiger partial charge in [-0.1, -0.05) is 56.5 Å². The zero-order valence-corrected chi connectivity index (χ0v) is 19.7. The third kappa shape index (κ3) is 3.40. The van der Waals surface area contributed by atoms with E-state index in [0.717, 1.165) is 12.0 Å². The predicted octanol–water partition coefficient (Wildman–Crippen LogP) is 4.31. The second kappa shape index (κ2) is 8.01. The van der Waals surface area contributed by atoms with Crippen LogP contribution >= 0.6 is 11.6 Å². The summed E-state index contributed by atoms with van der Waals surface area (Å²) in [4.78, 5) is 26.0. The molecule has 0 saturated carbocycles. The molecule has 0 aromatic rings. The van der Waals surface area contributed by atoms with Crippen molar-refractivity contribution in [2.75, 3.05) is 6.61 Å². The predicted molar refractivity (Wildman–Crippen MR) is 119 cm³/mol. The molecule has 32 heavy (non-hydrogen) atoms. The zero-order valence-electron chi connectivity index (χ0n) is 19.0. The highest BCUT2D eigenvalue weighted by Crippen LogP contribution is 2.59. The average molecular weight is 461 g/mol. The number of rotatable bonds is 4. The first-order valence-corrected chi connectivity index (χ1v) is 11.4. The van der Waals surface area contributed by atoms with Crippen molar-refractivity contribution in [1.82, 2.24) is 0 Å². The molecular weight excluding hydrogens is 432 g/mol. The Kier molecular flexibility index (Phi) is 5.76. The molecule has 2 fully saturated rings. The van der Waals surface area contributed by atoms with Gasteiger partial charge in [0, 0.05) is 23.0 Å². The van der Waals surface area contributed by atoms with Gasteiger partial charge in [-0.05, 0) is 31.9 Å². The van der Waals surface area contributed by atoms with Gasteiger partial charge >= 0.3 is 5.97 Å². The maximum absolute atomic E-state index is 13.3. The van der Waals surface area contributed by atoms with Crippen molar-refractivity contribution in [3.8, 4) is 0 Å². The number of carbonyl (C=O) groups is 2. The van der Waals surface area contributed by atoms with Gasteiger partial charge in [0.2, 0.25) is 5.78 Å². The first-order chi connectivity index (χ1) is 15.0. The van der Waals surface area contributed by atoms with Gasteiger partial charge in [-0.15, -0.1) is 0 Å². The molecule has 6 atom stereocenters. The van der Waals surface area contributed by atoms with Gasteiger partial charge in [0.25, 0.3) is 0 Å². The summed E-state index contributed by atoms with van der Waals surface area (Å²) in [6.07, 6.45) is 10.2. The fourth-order valence-corrected chi connectivity index (χ4v) is 5.32. The SMILES string of the molecule is CC[C@H](C)/C=C(C)/C=C/C1=CC2=C(Cl)C(=O)[C@@]3(C)OC4(O)[C@H](C)COC(=O)[C@@H]4[C@H]3C2=CO1. The van der Waals surface area contributed by atoms with Gasteiger partial charge in [0.05, 0.1) is 17.9 Å². The molecule has 4 rings (SSSR count). The summed E-state index contributed by atoms with van der Waals surface area (Å²) in [5.74, 6) is -4.22. The Hall–Kier alpha value is -2.15. The summed E-state index contributed by atoms with van der Waals surface area (Å²) in [6.45, 7) is 9.62. The van der Waals surface area contributed by atoms with Gasteiger partial charge in [-0.3, -0.25) is 9.59 Å². The Bertz CT molecular complexity index is 1020. The standard InChI is InChI=1S/C25H29ClO6/c1-6-13(2)9-14(3)7-8-16-10-17-18(12-30-16)19-20-23(28)31-11-15(4)25(20,29)32-24(19,5)22(27)21(17)26/h7-10,12-13,15,19-20,29H,6,11H2,1-5H3/b8-7+,14-9+/t13-,15+,19+,20-,24-,25?/m0/s1. The largest absolute Gasteiger partial charge is 0.465 e. The van der Waals surface area contributed by atoms with Crippen LogP contribution in [0.4, 0.5) is 0 Å². The van der Waals surface area contributed by atoms with Crippen LogP contribution in [0.1, 0.15) is 41.0 Å². The Labute approximate surface area is 193 Å². The summed E-state index contributed by atoms with van der Waals surface area (Å²) in [5, 5.41) is 11.3. The molecule has 0 radical (unpaired) electrons. The van der Waals surface area contributed by atoms with Crippen molar-refractivity contribution in [3.05, 3.63) is 58.1 Å². The molecule has 0 bridgehead atoms. The highest BCUT2D eigenvalue weighted by Gasteiger charge is 2.72. The van der Waals surface area contributed by atoms with Gasteiger partial charge in [-0.25, -0.2) is 0 Å². The lowest BCUT2D eigenvalue weighted by molar-refractivity contribution is -0.276. The van der Waals surface area contributed by atoms with Gasteiger partial charge < -0.3 is 19.3 Å². The summed E-state index contributed by atoms with van der Waals surface area (Å²) in [6, 6.07) is 0. The molecule has 0 spiro atoms. The van der Waals surface area contributed by atoms with E-state index in [2.05, 4.69) is 19.9 Å². The minimum Gasteiger partial charge on any atom is -0.465 e. The molecule has 4 aliphatic rings. The number of hydrogen-bond donors (Lipinski definition) is 1. The molecule has 0 aromatic heterocycles. The Morgan fingerprint density at radius 2 is 2.09 bits per heavy atom. The van der Waals surface area contributed by atoms with Crippen LogP contribution in [0, 0.1) is 23.7 Å². The van der Waals surface area contributed by atoms with Crippen LogP contribution in [-0.2, 0) is 23.8 Å². The van der Waals surface area contributed by atoms with Crippen LogP contribution in [0.25, 0.3) is 0 Å². The smallest absolute Gasteiger partial charge is 0.315 e. The number of esters is 1. The molecule has 172 valence electrons. The van der Waals surface area contributed by atoms with Gasteiger partial charge in [0.15, 0.2) is 5.79 Å². The van der Waals surface area contributed by atoms with Crippen molar-refractivity contribution in [3.63, 3.8) is 0 Å². The zero-order chi connectivity index (χ0) is 23.4. The van der Waals surface area contributed by atoms with Crippen molar-refractivity contribution in [2.24, 2.45) is 23.7 Å². The average Bonchev–Trinajstić information content (AvgIpc) is 3.03. The number of Topliss-reactive ketones (excluding diaryl/α,β-unsaturated/α-hetero) is 1. The molecule has 7 heteroatoms. The minimum absolute atomic E-state index is 0.000614. The van der Waals surface area contributed by atoms with Crippen molar-refractivity contribution in [2.45, 2.75) is 52.4 Å². The topological polar surface area (TPSA) is 82.1 Å². The van der Waals surface area contributed by atoms with Crippen molar-refractivity contribution >= 4 is 23.4 Å². The molecule has 0 amide bonds. The molecule has 2 saturated heterocycles. The molecule has 3 aliphatic heterocycles. The van der Waals surface area contributed by atoms with E-state index in [1.807, 2.05) is 19.1 Å². The van der Waals surface area contributed by atoms with E-state index in [1.54, 1.807) is 19.9 Å². The van der Waals surface area contributed by atoms with Crippen LogP contribution in [0.15, 0.2) is 58.1 Å². The third-order valence-electron chi connectivity index (χ3n) is 7.03.